The molecule has 3 rings (SSSR count). The van der Waals surface area contributed by atoms with Crippen LogP contribution in [0.25, 0.3) is 5.70 Å². The van der Waals surface area contributed by atoms with Gasteiger partial charge in [0.2, 0.25) is 6.41 Å². The molecule has 1 saturated heterocycles. The van der Waals surface area contributed by atoms with Gasteiger partial charge >= 0.3 is 0 Å². The van der Waals surface area contributed by atoms with E-state index in [1.165, 1.54) is 11.3 Å². The van der Waals surface area contributed by atoms with Crippen molar-refractivity contribution in [3.63, 3.8) is 0 Å². The van der Waals surface area contributed by atoms with Gasteiger partial charge in [0, 0.05) is 57.6 Å². The summed E-state index contributed by atoms with van der Waals surface area (Å²) in [6.07, 6.45) is 2.77. The minimum absolute atomic E-state index is 0.0913. The molecule has 0 aliphatic carbocycles. The Morgan fingerprint density at radius 2 is 1.78 bits per heavy atom. The average molecular weight is 601 g/mol. The van der Waals surface area contributed by atoms with Crippen LogP contribution in [0.1, 0.15) is 39.2 Å². The molecule has 0 saturated carbocycles. The van der Waals surface area contributed by atoms with Crippen molar-refractivity contribution < 1.29 is 9.59 Å². The fourth-order valence-corrected chi connectivity index (χ4v) is 4.92. The molecule has 0 bridgehead atoms. The van der Waals surface area contributed by atoms with E-state index in [9.17, 15) is 9.59 Å². The second-order valence-electron chi connectivity index (χ2n) is 10.2. The lowest BCUT2D eigenvalue weighted by Crippen LogP contribution is -2.49. The number of rotatable bonds is 14. The molecule has 226 valence electrons. The fraction of sp³-hybridized carbons (Fsp3) is 0.484. The number of nitrogens with two attached hydrogens (primary N) is 1. The quantitative estimate of drug-likeness (QED) is 0.0630. The van der Waals surface area contributed by atoms with Gasteiger partial charge in [-0.05, 0) is 36.6 Å². The largest absolute Gasteiger partial charge is 0.397 e. The number of hydrogen-bond donors (Lipinski definition) is 4. The van der Waals surface area contributed by atoms with Gasteiger partial charge in [0.05, 0.1) is 17.1 Å². The molecule has 2 aromatic rings. The Kier molecular flexibility index (Phi) is 16.4. The third kappa shape index (κ3) is 11.3. The first kappa shape index (κ1) is 34.5. The van der Waals surface area contributed by atoms with Crippen LogP contribution in [-0.2, 0) is 9.59 Å². The summed E-state index contributed by atoms with van der Waals surface area (Å²) in [6, 6.07) is 16.8. The maximum Gasteiger partial charge on any atom is 0.272 e. The van der Waals surface area contributed by atoms with Crippen molar-refractivity contribution in [3.8, 4) is 0 Å². The summed E-state index contributed by atoms with van der Waals surface area (Å²) in [5.41, 5.74) is 9.10. The van der Waals surface area contributed by atoms with Gasteiger partial charge in [0.25, 0.3) is 5.91 Å². The predicted octanol–water partition coefficient (Wildman–Crippen LogP) is 4.57. The monoisotopic (exact) mass is 600 g/mol. The van der Waals surface area contributed by atoms with E-state index in [4.69, 9.17) is 5.73 Å². The van der Waals surface area contributed by atoms with Crippen LogP contribution in [0, 0.1) is 5.92 Å². The van der Waals surface area contributed by atoms with Gasteiger partial charge in [0.1, 0.15) is 5.70 Å². The molecule has 8 nitrogen and oxygen atoms in total. The number of piperazine rings is 1. The Bertz CT molecular complexity index is 1080. The standard InChI is InChI=1S/C28H40N6O2S.C3H8S/c1-22(2)20-37-31-14-9-17-32(3)27(28(36)33-18-15-30-16-19-33)26(23-10-5-4-6-11-23)34(21-35)25-13-8-7-12-24(25)29;1-2-3-4/h4-8,10-13,21-22,30-31H,9,14-20,29H2,1-3H3;4H,2-3H2,1H3/b27-26-;. The topological polar surface area (TPSA) is 93.9 Å². The van der Waals surface area contributed by atoms with Crippen molar-refractivity contribution in [1.82, 2.24) is 19.8 Å². The fourth-order valence-electron chi connectivity index (χ4n) is 4.18. The van der Waals surface area contributed by atoms with E-state index in [1.54, 1.807) is 24.1 Å². The predicted molar refractivity (Wildman–Crippen MR) is 179 cm³/mol. The van der Waals surface area contributed by atoms with E-state index >= 15 is 0 Å². The van der Waals surface area contributed by atoms with E-state index in [1.807, 2.05) is 59.3 Å². The summed E-state index contributed by atoms with van der Waals surface area (Å²) < 4.78 is 3.42. The molecule has 2 amide bonds. The van der Waals surface area contributed by atoms with Crippen LogP contribution in [0.2, 0.25) is 0 Å². The Morgan fingerprint density at radius 3 is 2.37 bits per heavy atom. The first-order valence-corrected chi connectivity index (χ1v) is 16.0. The van der Waals surface area contributed by atoms with Crippen LogP contribution in [0.3, 0.4) is 0 Å². The molecule has 2 aromatic carbocycles. The van der Waals surface area contributed by atoms with E-state index in [-0.39, 0.29) is 5.91 Å². The summed E-state index contributed by atoms with van der Waals surface area (Å²) in [5.74, 6) is 2.60. The van der Waals surface area contributed by atoms with E-state index in [0.717, 1.165) is 49.5 Å². The van der Waals surface area contributed by atoms with Crippen molar-refractivity contribution >= 4 is 54.0 Å². The number of benzene rings is 2. The lowest BCUT2D eigenvalue weighted by atomic mass is 10.1. The molecule has 0 unspecified atom stereocenters. The van der Waals surface area contributed by atoms with Gasteiger partial charge in [-0.3, -0.25) is 19.2 Å². The van der Waals surface area contributed by atoms with Gasteiger partial charge in [-0.2, -0.15) is 12.6 Å². The average Bonchev–Trinajstić information content (AvgIpc) is 3.00. The van der Waals surface area contributed by atoms with Crippen molar-refractivity contribution in [3.05, 3.63) is 65.9 Å². The minimum atomic E-state index is -0.0913. The van der Waals surface area contributed by atoms with Gasteiger partial charge in [-0.15, -0.1) is 0 Å². The van der Waals surface area contributed by atoms with Crippen molar-refractivity contribution in [2.24, 2.45) is 5.92 Å². The molecule has 1 aliphatic heterocycles. The van der Waals surface area contributed by atoms with Crippen LogP contribution in [0.15, 0.2) is 60.3 Å². The maximum absolute atomic E-state index is 14.1. The SMILES string of the molecule is CC(C)CSNCCCN(C)/C(C(=O)N1CCNCC1)=C(/c1ccccc1)N(C=O)c1ccccc1N.CCCS. The van der Waals surface area contributed by atoms with Gasteiger partial charge in [-0.1, -0.05) is 75.2 Å². The number of carbonyl (C=O) groups is 2. The third-order valence-electron chi connectivity index (χ3n) is 6.32. The Labute approximate surface area is 256 Å². The van der Waals surface area contributed by atoms with E-state index < -0.39 is 0 Å². The first-order valence-electron chi connectivity index (χ1n) is 14.4. The Hall–Kier alpha value is -2.66. The molecule has 0 atom stereocenters. The summed E-state index contributed by atoms with van der Waals surface area (Å²) in [4.78, 5) is 32.1. The van der Waals surface area contributed by atoms with Gasteiger partial charge in [-0.25, -0.2) is 0 Å². The molecule has 0 radical (unpaired) electrons. The van der Waals surface area contributed by atoms with Crippen molar-refractivity contribution in [1.29, 1.82) is 0 Å². The first-order chi connectivity index (χ1) is 19.8. The highest BCUT2D eigenvalue weighted by molar-refractivity contribution is 7.97. The number of likely N-dealkylation sites (N-methyl/N-ethyl adjacent to an activating group) is 1. The van der Waals surface area contributed by atoms with Crippen LogP contribution in [0.5, 0.6) is 0 Å². The number of nitrogen functional groups attached to an aromatic ring is 1. The van der Waals surface area contributed by atoms with Gasteiger partial charge < -0.3 is 20.9 Å². The molecule has 1 fully saturated rings. The second kappa shape index (κ2) is 19.5. The molecule has 1 aliphatic rings. The van der Waals surface area contributed by atoms with E-state index in [0.29, 0.717) is 48.3 Å². The molecule has 0 spiro atoms. The normalized spacial score (nSPS) is 13.7. The minimum Gasteiger partial charge on any atom is -0.397 e. The smallest absolute Gasteiger partial charge is 0.272 e. The number of nitrogens with one attached hydrogen (secondary N) is 2. The number of thiol groups is 1. The zero-order valence-corrected chi connectivity index (χ0v) is 26.7. The summed E-state index contributed by atoms with van der Waals surface area (Å²) in [7, 11) is 1.93. The zero-order chi connectivity index (χ0) is 30.0. The second-order valence-corrected chi connectivity index (χ2v) is 11.6. The molecule has 4 N–H and O–H groups in total. The Balaban J connectivity index is 0.00000138. The maximum atomic E-state index is 14.1. The molecule has 0 aromatic heterocycles. The highest BCUT2D eigenvalue weighted by Gasteiger charge is 2.30. The van der Waals surface area contributed by atoms with Crippen LogP contribution >= 0.6 is 24.6 Å². The number of anilines is 2. The Morgan fingerprint density at radius 1 is 1.15 bits per heavy atom. The zero-order valence-electron chi connectivity index (χ0n) is 25.0. The van der Waals surface area contributed by atoms with E-state index in [2.05, 4.69) is 43.4 Å². The van der Waals surface area contributed by atoms with Crippen molar-refractivity contribution in [2.75, 3.05) is 68.5 Å². The summed E-state index contributed by atoms with van der Waals surface area (Å²) in [6.45, 7) is 10.7. The van der Waals surface area contributed by atoms with Crippen LogP contribution < -0.4 is 20.7 Å². The lowest BCUT2D eigenvalue weighted by Gasteiger charge is -2.35. The van der Waals surface area contributed by atoms with Crippen LogP contribution in [-0.4, -0.2) is 79.9 Å². The summed E-state index contributed by atoms with van der Waals surface area (Å²) >= 11 is 5.65. The van der Waals surface area contributed by atoms with Crippen molar-refractivity contribution in [2.45, 2.75) is 33.6 Å². The number of nitrogens with zero attached hydrogens (tertiary/aromatic N) is 3. The molecular formula is C31H48N6O2S2. The number of carbonyl (C=O) groups excluding carboxylic acids is 2. The molecule has 10 heteroatoms. The highest BCUT2D eigenvalue weighted by atomic mass is 32.2. The lowest BCUT2D eigenvalue weighted by molar-refractivity contribution is -0.129. The highest BCUT2D eigenvalue weighted by Crippen LogP contribution is 2.33. The number of hydrogen-bond acceptors (Lipinski definition) is 8. The molecule has 1 heterocycles. The molecule has 41 heavy (non-hydrogen) atoms. The van der Waals surface area contributed by atoms with Crippen LogP contribution in [0.4, 0.5) is 11.4 Å². The molecular weight excluding hydrogens is 553 g/mol. The van der Waals surface area contributed by atoms with Gasteiger partial charge in [0.15, 0.2) is 0 Å². The number of para-hydroxylation sites is 2. The third-order valence-corrected chi connectivity index (χ3v) is 8.01. The number of amides is 2. The summed E-state index contributed by atoms with van der Waals surface area (Å²) in [5, 5.41) is 3.31.